The highest BCUT2D eigenvalue weighted by Crippen LogP contribution is 2.19. The van der Waals surface area contributed by atoms with Gasteiger partial charge in [0.15, 0.2) is 5.96 Å². The van der Waals surface area contributed by atoms with Gasteiger partial charge >= 0.3 is 0 Å². The van der Waals surface area contributed by atoms with E-state index in [4.69, 9.17) is 0 Å². The van der Waals surface area contributed by atoms with Crippen LogP contribution in [-0.2, 0) is 6.54 Å². The maximum Gasteiger partial charge on any atom is 0.250 e. The highest BCUT2D eigenvalue weighted by atomic mass is 127. The predicted octanol–water partition coefficient (Wildman–Crippen LogP) is 3.44. The Kier molecular flexibility index (Phi) is 14.3. The number of aromatic nitrogens is 1. The number of aryl methyl sites for hydroxylation is 1. The largest absolute Gasteiger partial charge is 0.388 e. The van der Waals surface area contributed by atoms with Gasteiger partial charge in [0.1, 0.15) is 0 Å². The second-order valence-corrected chi connectivity index (χ2v) is 7.21. The first-order valence-corrected chi connectivity index (χ1v) is 10.4. The monoisotopic (exact) mass is 506 g/mol. The van der Waals surface area contributed by atoms with Crippen molar-refractivity contribution in [3.63, 3.8) is 0 Å². The summed E-state index contributed by atoms with van der Waals surface area (Å²) in [7, 11) is 0. The third-order valence-electron chi connectivity index (χ3n) is 4.68. The highest BCUT2D eigenvalue weighted by Gasteiger charge is 2.24. The average molecular weight is 506 g/mol. The number of aliphatic imine (C=N–C) groups is 1. The van der Waals surface area contributed by atoms with E-state index in [1.54, 1.807) is 12.1 Å². The quantitative estimate of drug-likeness (QED) is 0.176. The molecule has 0 spiro atoms. The van der Waals surface area contributed by atoms with Crippen LogP contribution in [0.15, 0.2) is 28.0 Å². The highest BCUT2D eigenvalue weighted by molar-refractivity contribution is 14.0. The zero-order valence-electron chi connectivity index (χ0n) is 18.0. The summed E-state index contributed by atoms with van der Waals surface area (Å²) in [5.41, 5.74) is 0.346. The molecule has 6 nitrogen and oxygen atoms in total. The van der Waals surface area contributed by atoms with Crippen molar-refractivity contribution in [1.82, 2.24) is 15.2 Å². The molecule has 0 aliphatic carbocycles. The molecule has 0 atom stereocenters. The summed E-state index contributed by atoms with van der Waals surface area (Å²) in [4.78, 5) is 16.5. The van der Waals surface area contributed by atoms with E-state index in [1.807, 2.05) is 24.5 Å². The number of aliphatic hydroxyl groups is 1. The lowest BCUT2D eigenvalue weighted by molar-refractivity contribution is 0.0306. The van der Waals surface area contributed by atoms with Crippen LogP contribution < -0.4 is 16.2 Å². The number of nitrogens with one attached hydrogen (secondary N) is 2. The van der Waals surface area contributed by atoms with Gasteiger partial charge in [-0.05, 0) is 45.6 Å². The minimum atomic E-state index is -0.710. The maximum absolute atomic E-state index is 11.9. The van der Waals surface area contributed by atoms with Crippen molar-refractivity contribution in [3.05, 3.63) is 34.2 Å². The number of rotatable bonds is 12. The minimum absolute atomic E-state index is 0. The van der Waals surface area contributed by atoms with Crippen molar-refractivity contribution in [2.75, 3.05) is 19.6 Å². The van der Waals surface area contributed by atoms with E-state index in [9.17, 15) is 9.90 Å². The molecule has 162 valence electrons. The molecule has 28 heavy (non-hydrogen) atoms. The van der Waals surface area contributed by atoms with Crippen LogP contribution in [0.25, 0.3) is 0 Å². The van der Waals surface area contributed by atoms with Crippen LogP contribution in [0.3, 0.4) is 0 Å². The molecule has 0 aromatic carbocycles. The van der Waals surface area contributed by atoms with Gasteiger partial charge in [0.05, 0.1) is 12.1 Å². The smallest absolute Gasteiger partial charge is 0.250 e. The van der Waals surface area contributed by atoms with E-state index < -0.39 is 5.60 Å². The Morgan fingerprint density at radius 2 is 1.82 bits per heavy atom. The van der Waals surface area contributed by atoms with Gasteiger partial charge in [-0.25, -0.2) is 0 Å². The number of hydrogen-bond donors (Lipinski definition) is 3. The second-order valence-electron chi connectivity index (χ2n) is 7.21. The summed E-state index contributed by atoms with van der Waals surface area (Å²) in [5, 5.41) is 17.3. The van der Waals surface area contributed by atoms with Crippen LogP contribution in [-0.4, -0.2) is 40.9 Å². The number of unbranched alkanes of at least 4 members (excludes halogenated alkanes) is 1. The summed E-state index contributed by atoms with van der Waals surface area (Å²) < 4.78 is 1.81. The molecule has 1 aromatic rings. The number of pyridine rings is 1. The Hall–Kier alpha value is -1.09. The fourth-order valence-corrected chi connectivity index (χ4v) is 3.29. The van der Waals surface area contributed by atoms with Crippen molar-refractivity contribution in [2.24, 2.45) is 4.99 Å². The summed E-state index contributed by atoms with van der Waals surface area (Å²) in [6.07, 6.45) is 5.32. The van der Waals surface area contributed by atoms with Crippen LogP contribution in [0.5, 0.6) is 0 Å². The van der Waals surface area contributed by atoms with Crippen molar-refractivity contribution < 1.29 is 5.11 Å². The van der Waals surface area contributed by atoms with Crippen molar-refractivity contribution in [2.45, 2.75) is 78.4 Å². The van der Waals surface area contributed by atoms with Gasteiger partial charge in [0.2, 0.25) is 0 Å². The van der Waals surface area contributed by atoms with E-state index >= 15 is 0 Å². The molecule has 0 unspecified atom stereocenters. The molecule has 1 rings (SSSR count). The maximum atomic E-state index is 11.9. The van der Waals surface area contributed by atoms with Gasteiger partial charge in [-0.15, -0.1) is 24.0 Å². The van der Waals surface area contributed by atoms with Crippen molar-refractivity contribution in [1.29, 1.82) is 0 Å². The summed E-state index contributed by atoms with van der Waals surface area (Å²) in [6.45, 7) is 10.9. The van der Waals surface area contributed by atoms with Crippen LogP contribution in [0.2, 0.25) is 0 Å². The fourth-order valence-electron chi connectivity index (χ4n) is 3.29. The fraction of sp³-hybridized carbons (Fsp3) is 0.714. The molecule has 0 aliphatic heterocycles. The third kappa shape index (κ3) is 9.91. The predicted molar refractivity (Wildman–Crippen MR) is 129 cm³/mol. The second kappa shape index (κ2) is 14.8. The molecule has 1 heterocycles. The number of halogens is 1. The molecule has 0 amide bonds. The van der Waals surface area contributed by atoms with Gasteiger partial charge in [-0.2, -0.15) is 0 Å². The number of hydrogen-bond acceptors (Lipinski definition) is 3. The van der Waals surface area contributed by atoms with Crippen LogP contribution in [0.1, 0.15) is 65.0 Å². The van der Waals surface area contributed by atoms with Crippen LogP contribution >= 0.6 is 24.0 Å². The molecular formula is C21H39IN4O2. The van der Waals surface area contributed by atoms with Crippen molar-refractivity contribution >= 4 is 29.9 Å². The zero-order valence-corrected chi connectivity index (χ0v) is 20.3. The number of guanidine groups is 1. The first-order valence-electron chi connectivity index (χ1n) is 10.4. The Labute approximate surface area is 187 Å². The first kappa shape index (κ1) is 26.9. The SMILES string of the molecule is CCCC(O)(CCC)CN=C(NCC)NCCCCn1c(C)cccc1=O.I. The summed E-state index contributed by atoms with van der Waals surface area (Å²) in [5.74, 6) is 0.746. The van der Waals surface area contributed by atoms with Gasteiger partial charge < -0.3 is 20.3 Å². The average Bonchev–Trinajstić information content (AvgIpc) is 2.62. The van der Waals surface area contributed by atoms with Crippen LogP contribution in [0, 0.1) is 6.92 Å². The van der Waals surface area contributed by atoms with E-state index in [1.165, 1.54) is 0 Å². The van der Waals surface area contributed by atoms with E-state index in [0.717, 1.165) is 69.8 Å². The molecule has 0 aliphatic rings. The lowest BCUT2D eigenvalue weighted by Gasteiger charge is -2.26. The standard InChI is InChI=1S/C21H38N4O2.HI/c1-5-13-21(27,14-6-2)17-24-20(22-7-3)23-15-8-9-16-25-18(4)11-10-12-19(25)26;/h10-12,27H,5-9,13-17H2,1-4H3,(H2,22,23,24);1H. The van der Waals surface area contributed by atoms with Crippen molar-refractivity contribution in [3.8, 4) is 0 Å². The third-order valence-corrected chi connectivity index (χ3v) is 4.68. The molecule has 0 saturated carbocycles. The molecular weight excluding hydrogens is 467 g/mol. The molecule has 1 aromatic heterocycles. The zero-order chi connectivity index (χ0) is 20.1. The van der Waals surface area contributed by atoms with E-state index in [0.29, 0.717) is 6.54 Å². The molecule has 0 saturated heterocycles. The molecule has 3 N–H and O–H groups in total. The summed E-state index contributed by atoms with van der Waals surface area (Å²) >= 11 is 0. The lowest BCUT2D eigenvalue weighted by atomic mass is 9.93. The molecule has 0 bridgehead atoms. The first-order chi connectivity index (χ1) is 13.0. The number of nitrogens with zero attached hydrogens (tertiary/aromatic N) is 2. The van der Waals surface area contributed by atoms with Gasteiger partial charge in [-0.3, -0.25) is 9.79 Å². The van der Waals surface area contributed by atoms with E-state index in [-0.39, 0.29) is 29.5 Å². The minimum Gasteiger partial charge on any atom is -0.388 e. The van der Waals surface area contributed by atoms with Gasteiger partial charge in [0, 0.05) is 31.4 Å². The normalized spacial score (nSPS) is 11.8. The Morgan fingerprint density at radius 1 is 1.14 bits per heavy atom. The molecule has 7 heteroatoms. The van der Waals surface area contributed by atoms with Gasteiger partial charge in [-0.1, -0.05) is 32.8 Å². The summed E-state index contributed by atoms with van der Waals surface area (Å²) in [6, 6.07) is 5.37. The van der Waals surface area contributed by atoms with E-state index in [2.05, 4.69) is 29.5 Å². The molecule has 0 fully saturated rings. The topological polar surface area (TPSA) is 78.7 Å². The van der Waals surface area contributed by atoms with Crippen LogP contribution in [0.4, 0.5) is 0 Å². The Balaban J connectivity index is 0.00000729. The molecule has 0 radical (unpaired) electrons. The van der Waals surface area contributed by atoms with Gasteiger partial charge in [0.25, 0.3) is 5.56 Å². The lowest BCUT2D eigenvalue weighted by Crippen LogP contribution is -2.40. The Bertz CT molecular complexity index is 625. The Morgan fingerprint density at radius 3 is 2.39 bits per heavy atom.